The van der Waals surface area contributed by atoms with E-state index in [1.807, 2.05) is 6.92 Å². The SMILES string of the molecule is C.C=C1OC(C(C)C)CC1CC(C)=O.CC(C)CCC1C(=O)CC(C)C1O. The largest absolute Gasteiger partial charge is 0.495 e. The first-order valence-electron chi connectivity index (χ1n) is 10.1. The van der Waals surface area contributed by atoms with Crippen LogP contribution in [0.15, 0.2) is 12.3 Å². The number of ketones is 2. The molecule has 4 heteroatoms. The Morgan fingerprint density at radius 1 is 1.30 bits per heavy atom. The Morgan fingerprint density at radius 2 is 1.89 bits per heavy atom. The van der Waals surface area contributed by atoms with Gasteiger partial charge in [-0.2, -0.15) is 0 Å². The molecule has 1 aliphatic heterocycles. The number of rotatable bonds is 6. The van der Waals surface area contributed by atoms with Gasteiger partial charge in [0.1, 0.15) is 17.7 Å². The third-order valence-electron chi connectivity index (χ3n) is 5.54. The molecule has 27 heavy (non-hydrogen) atoms. The van der Waals surface area contributed by atoms with Gasteiger partial charge in [-0.1, -0.05) is 55.0 Å². The van der Waals surface area contributed by atoms with E-state index >= 15 is 0 Å². The Hall–Kier alpha value is -1.16. The minimum Gasteiger partial charge on any atom is -0.495 e. The van der Waals surface area contributed by atoms with Gasteiger partial charge in [0.2, 0.25) is 0 Å². The lowest BCUT2D eigenvalue weighted by molar-refractivity contribution is -0.122. The molecule has 158 valence electrons. The van der Waals surface area contributed by atoms with Crippen LogP contribution in [0, 0.1) is 29.6 Å². The zero-order valence-corrected chi connectivity index (χ0v) is 17.5. The molecule has 1 heterocycles. The van der Waals surface area contributed by atoms with E-state index in [0.717, 1.165) is 25.0 Å². The van der Waals surface area contributed by atoms with E-state index in [1.165, 1.54) is 0 Å². The number of hydrogen-bond acceptors (Lipinski definition) is 4. The number of aliphatic hydroxyl groups excluding tert-OH is 1. The Labute approximate surface area is 166 Å². The maximum Gasteiger partial charge on any atom is 0.138 e. The fourth-order valence-corrected chi connectivity index (χ4v) is 3.72. The van der Waals surface area contributed by atoms with Crippen LogP contribution in [-0.2, 0) is 14.3 Å². The van der Waals surface area contributed by atoms with Gasteiger partial charge in [0.15, 0.2) is 0 Å². The molecule has 0 radical (unpaired) electrons. The van der Waals surface area contributed by atoms with Gasteiger partial charge in [0, 0.05) is 24.7 Å². The van der Waals surface area contributed by atoms with Crippen LogP contribution in [-0.4, -0.2) is 28.9 Å². The summed E-state index contributed by atoms with van der Waals surface area (Å²) in [5, 5.41) is 9.72. The van der Waals surface area contributed by atoms with E-state index in [4.69, 9.17) is 4.74 Å². The summed E-state index contributed by atoms with van der Waals surface area (Å²) >= 11 is 0. The zero-order chi connectivity index (χ0) is 20.0. The van der Waals surface area contributed by atoms with Crippen molar-refractivity contribution in [3.8, 4) is 0 Å². The summed E-state index contributed by atoms with van der Waals surface area (Å²) in [4.78, 5) is 22.4. The van der Waals surface area contributed by atoms with Crippen LogP contribution in [0.25, 0.3) is 0 Å². The highest BCUT2D eigenvalue weighted by Crippen LogP contribution is 2.34. The third kappa shape index (κ3) is 8.16. The van der Waals surface area contributed by atoms with Crippen molar-refractivity contribution < 1.29 is 19.4 Å². The molecule has 2 fully saturated rings. The number of allylic oxidation sites excluding steroid dienone is 1. The summed E-state index contributed by atoms with van der Waals surface area (Å²) in [6.07, 6.45) is 3.90. The maximum atomic E-state index is 11.4. The zero-order valence-electron chi connectivity index (χ0n) is 17.5. The first kappa shape index (κ1) is 25.8. The van der Waals surface area contributed by atoms with Crippen molar-refractivity contribution in [2.45, 2.75) is 93.3 Å². The van der Waals surface area contributed by atoms with Crippen molar-refractivity contribution in [1.29, 1.82) is 0 Å². The predicted molar refractivity (Wildman–Crippen MR) is 111 cm³/mol. The van der Waals surface area contributed by atoms with E-state index in [-0.39, 0.29) is 49.0 Å². The minimum atomic E-state index is -0.383. The van der Waals surface area contributed by atoms with E-state index in [1.54, 1.807) is 6.92 Å². The minimum absolute atomic E-state index is 0. The van der Waals surface area contributed by atoms with Gasteiger partial charge in [-0.15, -0.1) is 0 Å². The van der Waals surface area contributed by atoms with Crippen LogP contribution < -0.4 is 0 Å². The normalized spacial score (nSPS) is 30.0. The number of carbonyl (C=O) groups is 2. The van der Waals surface area contributed by atoms with Crippen LogP contribution in [0.5, 0.6) is 0 Å². The molecule has 2 aliphatic rings. The summed E-state index contributed by atoms with van der Waals surface area (Å²) in [6, 6.07) is 0. The van der Waals surface area contributed by atoms with Crippen LogP contribution in [0.1, 0.15) is 81.1 Å². The van der Waals surface area contributed by atoms with E-state index < -0.39 is 0 Å². The fraction of sp³-hybridized carbons (Fsp3) is 0.826. The van der Waals surface area contributed by atoms with Crippen LogP contribution >= 0.6 is 0 Å². The molecule has 0 aromatic heterocycles. The number of hydrogen-bond donors (Lipinski definition) is 1. The second kappa shape index (κ2) is 11.6. The topological polar surface area (TPSA) is 63.6 Å². The van der Waals surface area contributed by atoms with Gasteiger partial charge >= 0.3 is 0 Å². The van der Waals surface area contributed by atoms with Gasteiger partial charge in [-0.25, -0.2) is 0 Å². The van der Waals surface area contributed by atoms with Gasteiger partial charge in [0.05, 0.1) is 11.9 Å². The highest BCUT2D eigenvalue weighted by atomic mass is 16.5. The van der Waals surface area contributed by atoms with Gasteiger partial charge in [-0.05, 0) is 37.5 Å². The molecule has 1 saturated carbocycles. The number of Topliss-reactive ketones (excluding diaryl/α,β-unsaturated/α-hetero) is 2. The second-order valence-corrected chi connectivity index (χ2v) is 8.92. The molecule has 0 aromatic carbocycles. The summed E-state index contributed by atoms with van der Waals surface area (Å²) in [7, 11) is 0. The summed E-state index contributed by atoms with van der Waals surface area (Å²) in [5.74, 6) is 2.77. The fourth-order valence-electron chi connectivity index (χ4n) is 3.72. The summed E-state index contributed by atoms with van der Waals surface area (Å²) in [6.45, 7) is 16.0. The second-order valence-electron chi connectivity index (χ2n) is 8.92. The van der Waals surface area contributed by atoms with Crippen molar-refractivity contribution in [2.24, 2.45) is 29.6 Å². The number of carbonyl (C=O) groups excluding carboxylic acids is 2. The monoisotopic (exact) mass is 382 g/mol. The smallest absolute Gasteiger partial charge is 0.138 e. The Morgan fingerprint density at radius 3 is 2.26 bits per heavy atom. The Kier molecular flexibility index (Phi) is 11.1. The molecule has 0 aromatic rings. The molecule has 5 atom stereocenters. The first-order chi connectivity index (χ1) is 12.0. The molecule has 1 saturated heterocycles. The van der Waals surface area contributed by atoms with Crippen LogP contribution in [0.2, 0.25) is 0 Å². The molecule has 1 aliphatic carbocycles. The van der Waals surface area contributed by atoms with Crippen molar-refractivity contribution in [3.63, 3.8) is 0 Å². The van der Waals surface area contributed by atoms with Crippen molar-refractivity contribution in [2.75, 3.05) is 0 Å². The lowest BCUT2D eigenvalue weighted by atomic mass is 9.93. The van der Waals surface area contributed by atoms with E-state index in [9.17, 15) is 14.7 Å². The van der Waals surface area contributed by atoms with Crippen molar-refractivity contribution >= 4 is 11.6 Å². The Bertz CT molecular complexity index is 495. The van der Waals surface area contributed by atoms with Crippen LogP contribution in [0.3, 0.4) is 0 Å². The molecule has 4 nitrogen and oxygen atoms in total. The highest BCUT2D eigenvalue weighted by Gasteiger charge is 2.38. The Balaban J connectivity index is 0.000000483. The molecule has 0 spiro atoms. The van der Waals surface area contributed by atoms with Crippen LogP contribution in [0.4, 0.5) is 0 Å². The quantitative estimate of drug-likeness (QED) is 0.687. The average molecular weight is 383 g/mol. The number of aliphatic hydroxyl groups is 1. The molecule has 1 N–H and O–H groups in total. The molecule has 2 rings (SSSR count). The average Bonchev–Trinajstić information content (AvgIpc) is 2.98. The molecule has 5 unspecified atom stereocenters. The maximum absolute atomic E-state index is 11.4. The molecule has 0 bridgehead atoms. The van der Waals surface area contributed by atoms with Gasteiger partial charge in [-0.3, -0.25) is 4.79 Å². The van der Waals surface area contributed by atoms with Gasteiger partial charge in [0.25, 0.3) is 0 Å². The standard InChI is InChI=1S/C11H18O2.C11H20O2.CH4/c1-7(2)11-6-10(5-8(3)12)9(4)13-11;1-7(2)4-5-9-10(12)6-8(3)11(9)13;/h7,10-11H,4-6H2,1-3H3;7-9,11,13H,4-6H2,1-3H3;1H4. The first-order valence-corrected chi connectivity index (χ1v) is 10.1. The lowest BCUT2D eigenvalue weighted by Crippen LogP contribution is -2.22. The molecule has 0 amide bonds. The highest BCUT2D eigenvalue weighted by molar-refractivity contribution is 5.84. The summed E-state index contributed by atoms with van der Waals surface area (Å²) < 4.78 is 5.59. The van der Waals surface area contributed by atoms with E-state index in [0.29, 0.717) is 24.7 Å². The number of ether oxygens (including phenoxy) is 1. The predicted octanol–water partition coefficient (Wildman–Crippen LogP) is 5.19. The van der Waals surface area contributed by atoms with Crippen molar-refractivity contribution in [1.82, 2.24) is 0 Å². The third-order valence-corrected chi connectivity index (χ3v) is 5.54. The van der Waals surface area contributed by atoms with Crippen molar-refractivity contribution in [3.05, 3.63) is 12.3 Å². The molecular formula is C23H42O4. The van der Waals surface area contributed by atoms with Gasteiger partial charge < -0.3 is 14.6 Å². The lowest BCUT2D eigenvalue weighted by Gasteiger charge is -2.16. The molecular weight excluding hydrogens is 340 g/mol. The van der Waals surface area contributed by atoms with E-state index in [2.05, 4.69) is 34.3 Å². The summed E-state index contributed by atoms with van der Waals surface area (Å²) in [5.41, 5.74) is 0.